The number of rotatable bonds is 61. The average molecular weight is 1050 g/mol. The molecular formula is C68H132O6. The molecule has 0 saturated carbocycles. The van der Waals surface area contributed by atoms with Crippen molar-refractivity contribution in [2.24, 2.45) is 17.8 Å². The van der Waals surface area contributed by atoms with Crippen molar-refractivity contribution in [1.82, 2.24) is 0 Å². The highest BCUT2D eigenvalue weighted by Gasteiger charge is 2.20. The standard InChI is InChI=1S/C68H132O6/c1-7-64(6)56-50-44-38-32-26-19-15-10-8-9-11-16-20-27-33-39-45-51-57-66(69)72-60-65(61-73-67(70)58-52-46-40-34-28-23-22-25-31-37-43-49-55-63(4)5)74-68(71)59-53-47-41-35-29-21-17-13-12-14-18-24-30-36-42-48-54-62(2)3/h62-65H,7-61H2,1-6H3/t64?,65-/m1/s1. The molecular weight excluding hydrogens is 913 g/mol. The normalized spacial score (nSPS) is 12.5. The minimum Gasteiger partial charge on any atom is -0.462 e. The predicted molar refractivity (Wildman–Crippen MR) is 321 cm³/mol. The summed E-state index contributed by atoms with van der Waals surface area (Å²) in [6, 6.07) is 0. The van der Waals surface area contributed by atoms with Crippen LogP contribution >= 0.6 is 0 Å². The van der Waals surface area contributed by atoms with Gasteiger partial charge in [-0.15, -0.1) is 0 Å². The first-order chi connectivity index (χ1) is 36.1. The Hall–Kier alpha value is -1.59. The van der Waals surface area contributed by atoms with Crippen LogP contribution in [0.3, 0.4) is 0 Å². The highest BCUT2D eigenvalue weighted by Crippen LogP contribution is 2.20. The summed E-state index contributed by atoms with van der Waals surface area (Å²) in [5.41, 5.74) is 0. The summed E-state index contributed by atoms with van der Waals surface area (Å²) in [6.45, 7) is 13.9. The van der Waals surface area contributed by atoms with Gasteiger partial charge in [0.25, 0.3) is 0 Å². The lowest BCUT2D eigenvalue weighted by molar-refractivity contribution is -0.167. The smallest absolute Gasteiger partial charge is 0.306 e. The van der Waals surface area contributed by atoms with Crippen LogP contribution in [0, 0.1) is 17.8 Å². The zero-order valence-electron chi connectivity index (χ0n) is 51.1. The molecule has 0 spiro atoms. The maximum absolute atomic E-state index is 12.9. The van der Waals surface area contributed by atoms with Gasteiger partial charge in [-0.05, 0) is 37.0 Å². The average Bonchev–Trinajstić information content (AvgIpc) is 3.38. The first-order valence-electron chi connectivity index (χ1n) is 33.6. The molecule has 0 rings (SSSR count). The number of hydrogen-bond donors (Lipinski definition) is 0. The minimum absolute atomic E-state index is 0.0622. The van der Waals surface area contributed by atoms with Gasteiger partial charge < -0.3 is 14.2 Å². The molecule has 0 N–H and O–H groups in total. The molecule has 0 aliphatic heterocycles. The molecule has 0 saturated heterocycles. The molecule has 0 aliphatic rings. The van der Waals surface area contributed by atoms with Gasteiger partial charge in [-0.3, -0.25) is 14.4 Å². The van der Waals surface area contributed by atoms with Crippen molar-refractivity contribution in [2.75, 3.05) is 13.2 Å². The monoisotopic (exact) mass is 1050 g/mol. The molecule has 440 valence electrons. The molecule has 0 radical (unpaired) electrons. The van der Waals surface area contributed by atoms with Gasteiger partial charge in [-0.25, -0.2) is 0 Å². The van der Waals surface area contributed by atoms with Crippen LogP contribution in [0.4, 0.5) is 0 Å². The third kappa shape index (κ3) is 59.7. The quantitative estimate of drug-likeness (QED) is 0.0343. The van der Waals surface area contributed by atoms with E-state index in [-0.39, 0.29) is 31.1 Å². The lowest BCUT2D eigenvalue weighted by atomic mass is 9.99. The second kappa shape index (κ2) is 59.1. The number of carbonyl (C=O) groups excluding carboxylic acids is 3. The van der Waals surface area contributed by atoms with Gasteiger partial charge in [-0.2, -0.15) is 0 Å². The van der Waals surface area contributed by atoms with Gasteiger partial charge in [0.05, 0.1) is 0 Å². The van der Waals surface area contributed by atoms with E-state index in [1.54, 1.807) is 0 Å². The molecule has 6 heteroatoms. The van der Waals surface area contributed by atoms with Crippen LogP contribution in [0.1, 0.15) is 382 Å². The lowest BCUT2D eigenvalue weighted by Gasteiger charge is -2.18. The lowest BCUT2D eigenvalue weighted by Crippen LogP contribution is -2.30. The summed E-state index contributed by atoms with van der Waals surface area (Å²) < 4.78 is 17.0. The Morgan fingerprint density at radius 2 is 0.473 bits per heavy atom. The first-order valence-corrected chi connectivity index (χ1v) is 33.6. The Kier molecular flexibility index (Phi) is 57.8. The van der Waals surface area contributed by atoms with E-state index < -0.39 is 6.10 Å². The number of hydrogen-bond acceptors (Lipinski definition) is 6. The van der Waals surface area contributed by atoms with Gasteiger partial charge in [-0.1, -0.05) is 343 Å². The van der Waals surface area contributed by atoms with Crippen molar-refractivity contribution < 1.29 is 28.6 Å². The second-order valence-corrected chi connectivity index (χ2v) is 24.7. The third-order valence-electron chi connectivity index (χ3n) is 16.0. The van der Waals surface area contributed by atoms with Gasteiger partial charge in [0.15, 0.2) is 6.10 Å². The summed E-state index contributed by atoms with van der Waals surface area (Å²) in [5.74, 6) is 1.76. The molecule has 1 unspecified atom stereocenters. The van der Waals surface area contributed by atoms with E-state index in [2.05, 4.69) is 41.5 Å². The number of unbranched alkanes of at least 4 members (excludes halogenated alkanes) is 43. The molecule has 0 aromatic carbocycles. The number of esters is 3. The van der Waals surface area contributed by atoms with Crippen LogP contribution in [0.2, 0.25) is 0 Å². The summed E-state index contributed by atoms with van der Waals surface area (Å²) in [5, 5.41) is 0. The van der Waals surface area contributed by atoms with Gasteiger partial charge in [0.1, 0.15) is 13.2 Å². The predicted octanol–water partition coefficient (Wildman–Crippen LogP) is 22.6. The van der Waals surface area contributed by atoms with Gasteiger partial charge in [0.2, 0.25) is 0 Å². The molecule has 0 heterocycles. The zero-order chi connectivity index (χ0) is 54.1. The maximum Gasteiger partial charge on any atom is 0.306 e. The van der Waals surface area contributed by atoms with Crippen molar-refractivity contribution in [3.8, 4) is 0 Å². The Labute approximate surface area is 463 Å². The fourth-order valence-corrected chi connectivity index (χ4v) is 10.6. The molecule has 0 aliphatic carbocycles. The van der Waals surface area contributed by atoms with E-state index in [1.807, 2.05) is 0 Å². The van der Waals surface area contributed by atoms with E-state index >= 15 is 0 Å². The molecule has 6 nitrogen and oxygen atoms in total. The topological polar surface area (TPSA) is 78.9 Å². The largest absolute Gasteiger partial charge is 0.462 e. The van der Waals surface area contributed by atoms with Crippen molar-refractivity contribution in [3.63, 3.8) is 0 Å². The maximum atomic E-state index is 12.9. The minimum atomic E-state index is -0.765. The van der Waals surface area contributed by atoms with E-state index in [1.165, 1.54) is 263 Å². The van der Waals surface area contributed by atoms with Crippen LogP contribution in [-0.4, -0.2) is 37.2 Å². The summed E-state index contributed by atoms with van der Waals surface area (Å²) in [4.78, 5) is 38.4. The third-order valence-corrected chi connectivity index (χ3v) is 16.0. The fraction of sp³-hybridized carbons (Fsp3) is 0.956. The second-order valence-electron chi connectivity index (χ2n) is 24.7. The van der Waals surface area contributed by atoms with Crippen LogP contribution in [0.5, 0.6) is 0 Å². The van der Waals surface area contributed by atoms with Crippen molar-refractivity contribution >= 4 is 17.9 Å². The molecule has 0 fully saturated rings. The number of ether oxygens (including phenoxy) is 3. The molecule has 0 aromatic heterocycles. The molecule has 0 aromatic rings. The van der Waals surface area contributed by atoms with Crippen LogP contribution in [0.25, 0.3) is 0 Å². The van der Waals surface area contributed by atoms with Crippen LogP contribution in [-0.2, 0) is 28.6 Å². The Morgan fingerprint density at radius 3 is 0.703 bits per heavy atom. The highest BCUT2D eigenvalue weighted by molar-refractivity contribution is 5.71. The molecule has 0 bridgehead atoms. The summed E-state index contributed by atoms with van der Waals surface area (Å²) >= 11 is 0. The van der Waals surface area contributed by atoms with Crippen molar-refractivity contribution in [3.05, 3.63) is 0 Å². The Morgan fingerprint density at radius 1 is 0.270 bits per heavy atom. The fourth-order valence-electron chi connectivity index (χ4n) is 10.6. The van der Waals surface area contributed by atoms with Crippen molar-refractivity contribution in [1.29, 1.82) is 0 Å². The Bertz CT molecular complexity index is 1150. The molecule has 2 atom stereocenters. The summed E-state index contributed by atoms with van der Waals surface area (Å²) in [6.07, 6.45) is 65.3. The van der Waals surface area contributed by atoms with Gasteiger partial charge in [0, 0.05) is 19.3 Å². The van der Waals surface area contributed by atoms with Crippen LogP contribution < -0.4 is 0 Å². The van der Waals surface area contributed by atoms with Gasteiger partial charge >= 0.3 is 17.9 Å². The summed E-state index contributed by atoms with van der Waals surface area (Å²) in [7, 11) is 0. The van der Waals surface area contributed by atoms with E-state index in [9.17, 15) is 14.4 Å². The first kappa shape index (κ1) is 72.4. The molecule has 74 heavy (non-hydrogen) atoms. The highest BCUT2D eigenvalue weighted by atomic mass is 16.6. The number of carbonyl (C=O) groups is 3. The zero-order valence-corrected chi connectivity index (χ0v) is 51.1. The van der Waals surface area contributed by atoms with Crippen LogP contribution in [0.15, 0.2) is 0 Å². The van der Waals surface area contributed by atoms with E-state index in [4.69, 9.17) is 14.2 Å². The SMILES string of the molecule is CCC(C)CCCCCCCCCCCCCCCCCCCCC(=O)OC[C@H](COC(=O)CCCCCCCCCCCCCCC(C)C)OC(=O)CCCCCCCCCCCCCCCCCCC(C)C. The van der Waals surface area contributed by atoms with E-state index in [0.717, 1.165) is 75.5 Å². The van der Waals surface area contributed by atoms with E-state index in [0.29, 0.717) is 19.3 Å². The Balaban J connectivity index is 4.26. The van der Waals surface area contributed by atoms with Crippen molar-refractivity contribution in [2.45, 2.75) is 388 Å². The molecule has 0 amide bonds.